The van der Waals surface area contributed by atoms with Crippen molar-refractivity contribution in [3.05, 3.63) is 35.4 Å². The lowest BCUT2D eigenvalue weighted by Gasteiger charge is -2.17. The molecule has 0 aromatic heterocycles. The molecular formula is C14H19F3N2O2. The van der Waals surface area contributed by atoms with Gasteiger partial charge in [-0.25, -0.2) is 4.79 Å². The molecule has 21 heavy (non-hydrogen) atoms. The van der Waals surface area contributed by atoms with Crippen molar-refractivity contribution in [2.45, 2.75) is 38.5 Å². The van der Waals surface area contributed by atoms with E-state index in [-0.39, 0.29) is 18.7 Å². The highest BCUT2D eigenvalue weighted by atomic mass is 19.4. The van der Waals surface area contributed by atoms with Crippen LogP contribution in [-0.4, -0.2) is 29.8 Å². The molecule has 3 N–H and O–H groups in total. The maximum atomic E-state index is 12.4. The molecule has 1 aromatic carbocycles. The van der Waals surface area contributed by atoms with Gasteiger partial charge >= 0.3 is 12.2 Å². The van der Waals surface area contributed by atoms with Gasteiger partial charge in [0.15, 0.2) is 0 Å². The van der Waals surface area contributed by atoms with Gasteiger partial charge in [-0.05, 0) is 38.0 Å². The van der Waals surface area contributed by atoms with E-state index < -0.39 is 17.8 Å². The number of alkyl halides is 3. The summed E-state index contributed by atoms with van der Waals surface area (Å²) in [6.45, 7) is 3.24. The summed E-state index contributed by atoms with van der Waals surface area (Å²) in [6.07, 6.45) is -3.93. The second-order valence-electron chi connectivity index (χ2n) is 5.00. The summed E-state index contributed by atoms with van der Waals surface area (Å²) in [5, 5.41) is 14.0. The molecule has 0 radical (unpaired) electrons. The second kappa shape index (κ2) is 7.31. The van der Waals surface area contributed by atoms with Crippen LogP contribution in [0.15, 0.2) is 24.3 Å². The molecule has 0 aliphatic rings. The normalized spacial score (nSPS) is 14.4. The van der Waals surface area contributed by atoms with E-state index in [9.17, 15) is 18.0 Å². The third-order valence-corrected chi connectivity index (χ3v) is 2.85. The average Bonchev–Trinajstić information content (AvgIpc) is 2.37. The van der Waals surface area contributed by atoms with E-state index in [0.29, 0.717) is 12.0 Å². The molecule has 0 aliphatic carbocycles. The van der Waals surface area contributed by atoms with E-state index in [1.165, 1.54) is 12.1 Å². The lowest BCUT2D eigenvalue weighted by Crippen LogP contribution is -2.46. The highest BCUT2D eigenvalue weighted by Gasteiger charge is 2.29. The largest absolute Gasteiger partial charge is 0.416 e. The van der Waals surface area contributed by atoms with Crippen LogP contribution < -0.4 is 10.6 Å². The van der Waals surface area contributed by atoms with Crippen molar-refractivity contribution in [2.24, 2.45) is 0 Å². The molecule has 0 bridgehead atoms. The number of benzene rings is 1. The third-order valence-electron chi connectivity index (χ3n) is 2.85. The Morgan fingerprint density at radius 1 is 1.14 bits per heavy atom. The van der Waals surface area contributed by atoms with Gasteiger partial charge in [-0.3, -0.25) is 0 Å². The SMILES string of the molecule is CC(CO)NC(=O)NC(C)Cc1ccc(C(F)(F)F)cc1. The Bertz CT molecular complexity index is 460. The van der Waals surface area contributed by atoms with Gasteiger partial charge in [-0.1, -0.05) is 12.1 Å². The maximum absolute atomic E-state index is 12.4. The maximum Gasteiger partial charge on any atom is 0.416 e. The third kappa shape index (κ3) is 6.03. The molecule has 2 unspecified atom stereocenters. The highest BCUT2D eigenvalue weighted by Crippen LogP contribution is 2.29. The molecule has 0 fully saturated rings. The number of hydrogen-bond acceptors (Lipinski definition) is 2. The van der Waals surface area contributed by atoms with E-state index in [4.69, 9.17) is 5.11 Å². The molecule has 7 heteroatoms. The van der Waals surface area contributed by atoms with Crippen LogP contribution in [0.25, 0.3) is 0 Å². The Kier molecular flexibility index (Phi) is 6.02. The minimum atomic E-state index is -4.34. The summed E-state index contributed by atoms with van der Waals surface area (Å²) in [4.78, 5) is 11.5. The standard InChI is InChI=1S/C14H19F3N2O2/c1-9(18-13(21)19-10(2)8-20)7-11-3-5-12(6-4-11)14(15,16)17/h3-6,9-10,20H,7-8H2,1-2H3,(H2,18,19,21). The number of hydrogen-bond donors (Lipinski definition) is 3. The summed E-state index contributed by atoms with van der Waals surface area (Å²) < 4.78 is 37.3. The van der Waals surface area contributed by atoms with Crippen LogP contribution in [0.2, 0.25) is 0 Å². The summed E-state index contributed by atoms with van der Waals surface area (Å²) in [7, 11) is 0. The summed E-state index contributed by atoms with van der Waals surface area (Å²) in [5.41, 5.74) is 0.00684. The minimum absolute atomic E-state index is 0.166. The van der Waals surface area contributed by atoms with Crippen molar-refractivity contribution >= 4 is 6.03 Å². The quantitative estimate of drug-likeness (QED) is 0.782. The number of nitrogens with one attached hydrogen (secondary N) is 2. The van der Waals surface area contributed by atoms with Crippen LogP contribution in [0, 0.1) is 0 Å². The predicted octanol–water partition coefficient (Wildman–Crippen LogP) is 2.32. The number of urea groups is 1. The zero-order chi connectivity index (χ0) is 16.0. The lowest BCUT2D eigenvalue weighted by molar-refractivity contribution is -0.137. The number of amides is 2. The van der Waals surface area contributed by atoms with Crippen molar-refractivity contribution in [2.75, 3.05) is 6.61 Å². The smallest absolute Gasteiger partial charge is 0.394 e. The molecule has 0 heterocycles. The van der Waals surface area contributed by atoms with Crippen LogP contribution in [0.3, 0.4) is 0 Å². The Hall–Kier alpha value is -1.76. The number of carbonyl (C=O) groups excluding carboxylic acids is 1. The van der Waals surface area contributed by atoms with Crippen molar-refractivity contribution < 1.29 is 23.1 Å². The molecule has 0 saturated heterocycles. The molecule has 0 saturated carbocycles. The first-order valence-electron chi connectivity index (χ1n) is 6.56. The highest BCUT2D eigenvalue weighted by molar-refractivity contribution is 5.74. The van der Waals surface area contributed by atoms with Gasteiger partial charge in [0.2, 0.25) is 0 Å². The number of carbonyl (C=O) groups is 1. The van der Waals surface area contributed by atoms with E-state index in [1.54, 1.807) is 13.8 Å². The van der Waals surface area contributed by atoms with Gasteiger partial charge in [-0.15, -0.1) is 0 Å². The first-order valence-corrected chi connectivity index (χ1v) is 6.56. The molecule has 1 rings (SSSR count). The molecule has 0 spiro atoms. The Balaban J connectivity index is 2.51. The predicted molar refractivity (Wildman–Crippen MR) is 72.8 cm³/mol. The topological polar surface area (TPSA) is 61.4 Å². The fourth-order valence-corrected chi connectivity index (χ4v) is 1.77. The van der Waals surface area contributed by atoms with E-state index >= 15 is 0 Å². The van der Waals surface area contributed by atoms with E-state index in [0.717, 1.165) is 12.1 Å². The first-order chi connectivity index (χ1) is 9.72. The molecule has 1 aromatic rings. The number of halogens is 3. The van der Waals surface area contributed by atoms with E-state index in [2.05, 4.69) is 10.6 Å². The van der Waals surface area contributed by atoms with E-state index in [1.807, 2.05) is 0 Å². The van der Waals surface area contributed by atoms with Crippen LogP contribution in [-0.2, 0) is 12.6 Å². The van der Waals surface area contributed by atoms with Crippen LogP contribution in [0.1, 0.15) is 25.0 Å². The van der Waals surface area contributed by atoms with Crippen molar-refractivity contribution in [1.29, 1.82) is 0 Å². The summed E-state index contributed by atoms with van der Waals surface area (Å²) in [5.74, 6) is 0. The zero-order valence-corrected chi connectivity index (χ0v) is 11.9. The molecule has 2 atom stereocenters. The van der Waals surface area contributed by atoms with Gasteiger partial charge in [0.25, 0.3) is 0 Å². The Morgan fingerprint density at radius 3 is 2.14 bits per heavy atom. The van der Waals surface area contributed by atoms with Crippen LogP contribution in [0.4, 0.5) is 18.0 Å². The molecule has 2 amide bonds. The second-order valence-corrected chi connectivity index (χ2v) is 5.00. The zero-order valence-electron chi connectivity index (χ0n) is 11.9. The van der Waals surface area contributed by atoms with Gasteiger partial charge in [0.1, 0.15) is 0 Å². The molecule has 118 valence electrons. The molecule has 0 aliphatic heterocycles. The summed E-state index contributed by atoms with van der Waals surface area (Å²) in [6, 6.07) is 3.82. The Morgan fingerprint density at radius 2 is 1.67 bits per heavy atom. The fourth-order valence-electron chi connectivity index (χ4n) is 1.77. The number of rotatable bonds is 5. The molecule has 4 nitrogen and oxygen atoms in total. The fraction of sp³-hybridized carbons (Fsp3) is 0.500. The number of aliphatic hydroxyl groups is 1. The monoisotopic (exact) mass is 304 g/mol. The average molecular weight is 304 g/mol. The lowest BCUT2D eigenvalue weighted by atomic mass is 10.1. The van der Waals surface area contributed by atoms with Gasteiger partial charge < -0.3 is 15.7 Å². The number of aliphatic hydroxyl groups excluding tert-OH is 1. The van der Waals surface area contributed by atoms with Gasteiger partial charge in [-0.2, -0.15) is 13.2 Å². The van der Waals surface area contributed by atoms with Crippen molar-refractivity contribution in [1.82, 2.24) is 10.6 Å². The van der Waals surface area contributed by atoms with Crippen molar-refractivity contribution in [3.8, 4) is 0 Å². The van der Waals surface area contributed by atoms with Gasteiger partial charge in [0.05, 0.1) is 18.2 Å². The Labute approximate surface area is 121 Å². The van der Waals surface area contributed by atoms with Crippen LogP contribution in [0.5, 0.6) is 0 Å². The first kappa shape index (κ1) is 17.3. The van der Waals surface area contributed by atoms with Crippen LogP contribution >= 0.6 is 0 Å². The van der Waals surface area contributed by atoms with Crippen molar-refractivity contribution in [3.63, 3.8) is 0 Å². The minimum Gasteiger partial charge on any atom is -0.394 e. The molecular weight excluding hydrogens is 285 g/mol. The summed E-state index contributed by atoms with van der Waals surface area (Å²) >= 11 is 0. The van der Waals surface area contributed by atoms with Gasteiger partial charge in [0, 0.05) is 6.04 Å².